The fourth-order valence-electron chi connectivity index (χ4n) is 1.30. The van der Waals surface area contributed by atoms with E-state index < -0.39 is 6.92 Å². The first-order valence-electron chi connectivity index (χ1n) is 5.25. The predicted octanol–water partition coefficient (Wildman–Crippen LogP) is 1.83. The largest absolute Gasteiger partial charge is 0.494 e. The third-order valence-corrected chi connectivity index (χ3v) is 2.18. The van der Waals surface area contributed by atoms with Gasteiger partial charge in [-0.25, -0.2) is 4.39 Å². The van der Waals surface area contributed by atoms with Gasteiger partial charge in [0.15, 0.2) is 0 Å². The minimum Gasteiger partial charge on any atom is -0.494 e. The van der Waals surface area contributed by atoms with Crippen LogP contribution in [0.25, 0.3) is 0 Å². The number of hydrogen-bond donors (Lipinski definition) is 1. The molecule has 0 aliphatic carbocycles. The topological polar surface area (TPSA) is 29.5 Å². The standard InChI is InChI=1S/C11H16BFO2/c1-3-4-7-15-11-8-9(13)5-6-10(11)12(2)14/h5-6,8,14H,3-4,7H2,1-2H3. The van der Waals surface area contributed by atoms with E-state index in [0.717, 1.165) is 12.8 Å². The van der Waals surface area contributed by atoms with E-state index in [4.69, 9.17) is 4.74 Å². The number of benzene rings is 1. The number of halogens is 1. The van der Waals surface area contributed by atoms with E-state index in [-0.39, 0.29) is 5.82 Å². The van der Waals surface area contributed by atoms with E-state index in [2.05, 4.69) is 6.92 Å². The highest BCUT2D eigenvalue weighted by Crippen LogP contribution is 2.11. The third-order valence-electron chi connectivity index (χ3n) is 2.18. The Kier molecular flexibility index (Phi) is 4.62. The van der Waals surface area contributed by atoms with Crippen LogP contribution in [0, 0.1) is 5.82 Å². The van der Waals surface area contributed by atoms with Crippen molar-refractivity contribution in [2.75, 3.05) is 6.61 Å². The summed E-state index contributed by atoms with van der Waals surface area (Å²) in [6.07, 6.45) is 1.95. The molecule has 4 heteroatoms. The molecule has 15 heavy (non-hydrogen) atoms. The van der Waals surface area contributed by atoms with Crippen molar-refractivity contribution in [3.8, 4) is 5.75 Å². The van der Waals surface area contributed by atoms with E-state index in [1.165, 1.54) is 12.1 Å². The van der Waals surface area contributed by atoms with Crippen LogP contribution in [0.3, 0.4) is 0 Å². The van der Waals surface area contributed by atoms with Gasteiger partial charge in [0.05, 0.1) is 6.61 Å². The van der Waals surface area contributed by atoms with Gasteiger partial charge in [-0.05, 0) is 17.9 Å². The van der Waals surface area contributed by atoms with Crippen LogP contribution in [0.2, 0.25) is 6.82 Å². The van der Waals surface area contributed by atoms with Crippen molar-refractivity contribution in [3.05, 3.63) is 24.0 Å². The van der Waals surface area contributed by atoms with E-state index in [1.807, 2.05) is 0 Å². The van der Waals surface area contributed by atoms with Gasteiger partial charge in [0.1, 0.15) is 11.6 Å². The minimum absolute atomic E-state index is 0.342. The molecule has 0 spiro atoms. The maximum Gasteiger partial charge on any atom is 0.324 e. The summed E-state index contributed by atoms with van der Waals surface area (Å²) in [4.78, 5) is 0. The van der Waals surface area contributed by atoms with Gasteiger partial charge in [-0.1, -0.05) is 26.2 Å². The lowest BCUT2D eigenvalue weighted by Crippen LogP contribution is -2.28. The molecule has 0 bridgehead atoms. The Morgan fingerprint density at radius 2 is 2.20 bits per heavy atom. The lowest BCUT2D eigenvalue weighted by atomic mass is 9.64. The predicted molar refractivity (Wildman–Crippen MR) is 60.3 cm³/mol. The van der Waals surface area contributed by atoms with Gasteiger partial charge in [-0.15, -0.1) is 0 Å². The number of ether oxygens (including phenoxy) is 1. The highest BCUT2D eigenvalue weighted by atomic mass is 19.1. The van der Waals surface area contributed by atoms with Crippen LogP contribution in [0.4, 0.5) is 4.39 Å². The van der Waals surface area contributed by atoms with Crippen molar-refractivity contribution in [2.45, 2.75) is 26.6 Å². The van der Waals surface area contributed by atoms with Crippen molar-refractivity contribution < 1.29 is 14.2 Å². The Labute approximate surface area is 90.2 Å². The van der Waals surface area contributed by atoms with Crippen molar-refractivity contribution in [1.82, 2.24) is 0 Å². The molecule has 1 aromatic carbocycles. The fraction of sp³-hybridized carbons (Fsp3) is 0.455. The number of rotatable bonds is 5. The van der Waals surface area contributed by atoms with E-state index >= 15 is 0 Å². The summed E-state index contributed by atoms with van der Waals surface area (Å²) in [5.41, 5.74) is 0.632. The smallest absolute Gasteiger partial charge is 0.324 e. The summed E-state index contributed by atoms with van der Waals surface area (Å²) < 4.78 is 18.4. The maximum absolute atomic E-state index is 13.0. The second-order valence-corrected chi connectivity index (χ2v) is 3.56. The lowest BCUT2D eigenvalue weighted by molar-refractivity contribution is 0.310. The molecule has 0 saturated heterocycles. The SMILES string of the molecule is CCCCOc1cc(F)ccc1B(C)O. The molecule has 1 N–H and O–H groups in total. The molecule has 0 aromatic heterocycles. The molecule has 0 amide bonds. The molecule has 0 unspecified atom stereocenters. The molecule has 0 saturated carbocycles. The van der Waals surface area contributed by atoms with E-state index in [1.54, 1.807) is 12.9 Å². The molecule has 0 aliphatic heterocycles. The first-order chi connectivity index (χ1) is 7.15. The van der Waals surface area contributed by atoms with Gasteiger partial charge >= 0.3 is 6.92 Å². The van der Waals surface area contributed by atoms with Crippen molar-refractivity contribution in [1.29, 1.82) is 0 Å². The molecule has 0 heterocycles. The molecular weight excluding hydrogens is 194 g/mol. The van der Waals surface area contributed by atoms with Gasteiger partial charge in [-0.3, -0.25) is 0 Å². The van der Waals surface area contributed by atoms with Gasteiger partial charge in [0, 0.05) is 6.07 Å². The minimum atomic E-state index is -0.637. The first kappa shape index (κ1) is 12.0. The highest BCUT2D eigenvalue weighted by molar-refractivity contribution is 6.65. The lowest BCUT2D eigenvalue weighted by Gasteiger charge is -2.11. The summed E-state index contributed by atoms with van der Waals surface area (Å²) in [6, 6.07) is 4.20. The molecule has 0 fully saturated rings. The molecule has 0 aliphatic rings. The average molecular weight is 210 g/mol. The normalized spacial score (nSPS) is 10.1. The quantitative estimate of drug-likeness (QED) is 0.593. The van der Waals surface area contributed by atoms with Crippen LogP contribution in [0.15, 0.2) is 18.2 Å². The second kappa shape index (κ2) is 5.76. The number of hydrogen-bond acceptors (Lipinski definition) is 2. The Bertz CT molecular complexity index is 315. The molecule has 0 radical (unpaired) electrons. The van der Waals surface area contributed by atoms with E-state index in [9.17, 15) is 9.41 Å². The zero-order valence-corrected chi connectivity index (χ0v) is 9.16. The maximum atomic E-state index is 13.0. The molecule has 2 nitrogen and oxygen atoms in total. The molecule has 1 aromatic rings. The monoisotopic (exact) mass is 210 g/mol. The van der Waals surface area contributed by atoms with Gasteiger partial charge in [-0.2, -0.15) is 0 Å². The Balaban J connectivity index is 2.77. The van der Waals surface area contributed by atoms with Crippen molar-refractivity contribution in [3.63, 3.8) is 0 Å². The Morgan fingerprint density at radius 1 is 1.47 bits per heavy atom. The molecule has 0 atom stereocenters. The van der Waals surface area contributed by atoms with Crippen LogP contribution in [0.5, 0.6) is 5.75 Å². The number of unbranched alkanes of at least 4 members (excludes halogenated alkanes) is 1. The summed E-state index contributed by atoms with van der Waals surface area (Å²) in [5.74, 6) is 0.101. The van der Waals surface area contributed by atoms with Gasteiger partial charge < -0.3 is 9.76 Å². The van der Waals surface area contributed by atoms with E-state index in [0.29, 0.717) is 17.8 Å². The van der Waals surface area contributed by atoms with Gasteiger partial charge in [0.25, 0.3) is 0 Å². The summed E-state index contributed by atoms with van der Waals surface area (Å²) in [7, 11) is 0. The summed E-state index contributed by atoms with van der Waals surface area (Å²) in [6.45, 7) is 3.62. The van der Waals surface area contributed by atoms with Crippen LogP contribution in [-0.2, 0) is 0 Å². The van der Waals surface area contributed by atoms with Crippen LogP contribution in [-0.4, -0.2) is 18.5 Å². The molecule has 1 rings (SSSR count). The third kappa shape index (κ3) is 3.55. The van der Waals surface area contributed by atoms with Crippen LogP contribution >= 0.6 is 0 Å². The average Bonchev–Trinajstić information content (AvgIpc) is 2.18. The Morgan fingerprint density at radius 3 is 2.80 bits per heavy atom. The first-order valence-corrected chi connectivity index (χ1v) is 5.25. The fourth-order valence-corrected chi connectivity index (χ4v) is 1.30. The zero-order chi connectivity index (χ0) is 11.3. The second-order valence-electron chi connectivity index (χ2n) is 3.56. The van der Waals surface area contributed by atoms with Crippen molar-refractivity contribution >= 4 is 12.4 Å². The summed E-state index contributed by atoms with van der Waals surface area (Å²) in [5, 5.41) is 9.45. The van der Waals surface area contributed by atoms with Crippen LogP contribution in [0.1, 0.15) is 19.8 Å². The van der Waals surface area contributed by atoms with Crippen LogP contribution < -0.4 is 10.2 Å². The Hall–Kier alpha value is -1.03. The molecule has 82 valence electrons. The van der Waals surface area contributed by atoms with Crippen molar-refractivity contribution in [2.24, 2.45) is 0 Å². The summed E-state index contributed by atoms with van der Waals surface area (Å²) >= 11 is 0. The molecular formula is C11H16BFO2. The highest BCUT2D eigenvalue weighted by Gasteiger charge is 2.13. The zero-order valence-electron chi connectivity index (χ0n) is 9.16. The van der Waals surface area contributed by atoms with Gasteiger partial charge in [0.2, 0.25) is 0 Å².